The molecule has 1 aromatic rings. The molecule has 0 fully saturated rings. The lowest BCUT2D eigenvalue weighted by Gasteiger charge is -2.06. The molecule has 0 bridgehead atoms. The highest BCUT2D eigenvalue weighted by Gasteiger charge is 2.13. The van der Waals surface area contributed by atoms with Crippen LogP contribution in [-0.2, 0) is 9.53 Å². The maximum Gasteiger partial charge on any atom is 0.307 e. The lowest BCUT2D eigenvalue weighted by molar-refractivity contribution is -0.141. The summed E-state index contributed by atoms with van der Waals surface area (Å²) >= 11 is 7.10. The zero-order valence-electron chi connectivity index (χ0n) is 7.53. The number of halogens is 2. The van der Waals surface area contributed by atoms with Gasteiger partial charge in [-0.05, 0) is 12.1 Å². The van der Waals surface area contributed by atoms with Gasteiger partial charge in [-0.2, -0.15) is 0 Å². The molecule has 0 radical (unpaired) electrons. The summed E-state index contributed by atoms with van der Waals surface area (Å²) in [5.41, 5.74) is 5.74. The molecule has 2 N–H and O–H groups in total. The van der Waals surface area contributed by atoms with Crippen molar-refractivity contribution >= 4 is 41.3 Å². The monoisotopic (exact) mass is 255 g/mol. The van der Waals surface area contributed by atoms with E-state index in [-0.39, 0.29) is 30.8 Å². The lowest BCUT2D eigenvalue weighted by Crippen LogP contribution is -2.14. The predicted octanol–water partition coefficient (Wildman–Crippen LogP) is 2.39. The molecule has 3 nitrogen and oxygen atoms in total. The highest BCUT2D eigenvalue weighted by molar-refractivity contribution is 7.16. The minimum atomic E-state index is -0.315. The number of carbonyl (C=O) groups excluding carboxylic acids is 1. The predicted molar refractivity (Wildman–Crippen MR) is 60.1 cm³/mol. The first kappa shape index (κ1) is 13.7. The summed E-state index contributed by atoms with van der Waals surface area (Å²) in [5, 5.41) is 0. The first-order valence-electron chi connectivity index (χ1n) is 3.71. The Balaban J connectivity index is 0.00000169. The fraction of sp³-hybridized carbons (Fsp3) is 0.375. The third-order valence-corrected chi connectivity index (χ3v) is 2.94. The quantitative estimate of drug-likeness (QED) is 0.845. The van der Waals surface area contributed by atoms with Crippen LogP contribution in [0.15, 0.2) is 12.1 Å². The van der Waals surface area contributed by atoms with Crippen LogP contribution in [0.25, 0.3) is 0 Å². The molecule has 0 unspecified atom stereocenters. The lowest BCUT2D eigenvalue weighted by atomic mass is 10.2. The van der Waals surface area contributed by atoms with Gasteiger partial charge in [-0.15, -0.1) is 23.7 Å². The van der Waals surface area contributed by atoms with Crippen LogP contribution in [0.5, 0.6) is 0 Å². The van der Waals surface area contributed by atoms with Crippen LogP contribution in [0.1, 0.15) is 17.3 Å². The molecule has 0 aliphatic heterocycles. The Labute approximate surface area is 97.6 Å². The SMILES string of the molecule is COC(=O)C[C@H](N)c1ccc(Cl)s1.Cl. The topological polar surface area (TPSA) is 52.3 Å². The summed E-state index contributed by atoms with van der Waals surface area (Å²) < 4.78 is 5.18. The van der Waals surface area contributed by atoms with Crippen molar-refractivity contribution in [2.45, 2.75) is 12.5 Å². The number of nitrogens with two attached hydrogens (primary N) is 1. The molecule has 0 amide bonds. The van der Waals surface area contributed by atoms with Crippen molar-refractivity contribution in [3.63, 3.8) is 0 Å². The van der Waals surface area contributed by atoms with Crippen LogP contribution in [0.4, 0.5) is 0 Å². The normalized spacial score (nSPS) is 11.6. The summed E-state index contributed by atoms with van der Waals surface area (Å²) in [6, 6.07) is 3.27. The average molecular weight is 256 g/mol. The van der Waals surface area contributed by atoms with Gasteiger partial charge in [0.25, 0.3) is 0 Å². The zero-order chi connectivity index (χ0) is 9.84. The van der Waals surface area contributed by atoms with E-state index >= 15 is 0 Å². The third kappa shape index (κ3) is 3.84. The Kier molecular flexibility index (Phi) is 6.11. The van der Waals surface area contributed by atoms with Gasteiger partial charge in [0.05, 0.1) is 17.9 Å². The largest absolute Gasteiger partial charge is 0.469 e. The summed E-state index contributed by atoms with van der Waals surface area (Å²) in [6.07, 6.45) is 0.188. The first-order chi connectivity index (χ1) is 6.13. The summed E-state index contributed by atoms with van der Waals surface area (Å²) in [5.74, 6) is -0.308. The molecule has 0 aliphatic rings. The number of methoxy groups -OCH3 is 1. The van der Waals surface area contributed by atoms with E-state index in [1.807, 2.05) is 6.07 Å². The molecule has 0 saturated carbocycles. The van der Waals surface area contributed by atoms with Crippen molar-refractivity contribution in [2.75, 3.05) is 7.11 Å². The van der Waals surface area contributed by atoms with Crippen molar-refractivity contribution < 1.29 is 9.53 Å². The van der Waals surface area contributed by atoms with Crippen molar-refractivity contribution in [1.82, 2.24) is 0 Å². The molecule has 0 aliphatic carbocycles. The number of esters is 1. The highest BCUT2D eigenvalue weighted by atomic mass is 35.5. The fourth-order valence-electron chi connectivity index (χ4n) is 0.891. The molecule has 80 valence electrons. The van der Waals surface area contributed by atoms with E-state index in [1.165, 1.54) is 18.4 Å². The van der Waals surface area contributed by atoms with Crippen molar-refractivity contribution in [2.24, 2.45) is 5.73 Å². The fourth-order valence-corrected chi connectivity index (χ4v) is 1.95. The van der Waals surface area contributed by atoms with E-state index in [2.05, 4.69) is 4.74 Å². The van der Waals surface area contributed by atoms with E-state index in [0.717, 1.165) is 4.88 Å². The summed E-state index contributed by atoms with van der Waals surface area (Å²) in [7, 11) is 1.34. The van der Waals surface area contributed by atoms with E-state index in [1.54, 1.807) is 6.07 Å². The van der Waals surface area contributed by atoms with Gasteiger partial charge >= 0.3 is 5.97 Å². The van der Waals surface area contributed by atoms with Gasteiger partial charge in [0.15, 0.2) is 0 Å². The summed E-state index contributed by atoms with van der Waals surface area (Å²) in [4.78, 5) is 11.8. The number of hydrogen-bond donors (Lipinski definition) is 1. The molecule has 0 aromatic carbocycles. The second-order valence-corrected chi connectivity index (χ2v) is 4.28. The van der Waals surface area contributed by atoms with E-state index in [0.29, 0.717) is 4.34 Å². The molecule has 0 spiro atoms. The van der Waals surface area contributed by atoms with E-state index in [4.69, 9.17) is 17.3 Å². The van der Waals surface area contributed by atoms with Gasteiger partial charge in [-0.3, -0.25) is 4.79 Å². The third-order valence-electron chi connectivity index (χ3n) is 1.57. The smallest absolute Gasteiger partial charge is 0.307 e. The molecular formula is C8H11Cl2NO2S. The average Bonchev–Trinajstić information content (AvgIpc) is 2.51. The summed E-state index contributed by atoms with van der Waals surface area (Å²) in [6.45, 7) is 0. The molecule has 0 saturated heterocycles. The zero-order valence-corrected chi connectivity index (χ0v) is 9.92. The minimum Gasteiger partial charge on any atom is -0.469 e. The number of ether oxygens (including phenoxy) is 1. The molecule has 14 heavy (non-hydrogen) atoms. The van der Waals surface area contributed by atoms with Crippen LogP contribution in [-0.4, -0.2) is 13.1 Å². The second-order valence-electron chi connectivity index (χ2n) is 2.53. The Hall–Kier alpha value is -0.290. The van der Waals surface area contributed by atoms with Gasteiger partial charge < -0.3 is 10.5 Å². The number of carbonyl (C=O) groups is 1. The van der Waals surface area contributed by atoms with Crippen molar-refractivity contribution in [1.29, 1.82) is 0 Å². The first-order valence-corrected chi connectivity index (χ1v) is 4.90. The number of rotatable bonds is 3. The maximum absolute atomic E-state index is 10.9. The Morgan fingerprint density at radius 3 is 2.79 bits per heavy atom. The molecule has 1 rings (SSSR count). The Morgan fingerprint density at radius 2 is 2.36 bits per heavy atom. The number of hydrogen-bond acceptors (Lipinski definition) is 4. The molecule has 1 aromatic heterocycles. The van der Waals surface area contributed by atoms with Crippen molar-refractivity contribution in [3.8, 4) is 0 Å². The van der Waals surface area contributed by atoms with Gasteiger partial charge in [-0.1, -0.05) is 11.6 Å². The van der Waals surface area contributed by atoms with Crippen LogP contribution >= 0.6 is 35.3 Å². The molecular weight excluding hydrogens is 245 g/mol. The maximum atomic E-state index is 10.9. The van der Waals surface area contributed by atoms with Crippen LogP contribution in [0.3, 0.4) is 0 Å². The van der Waals surface area contributed by atoms with Crippen LogP contribution < -0.4 is 5.73 Å². The van der Waals surface area contributed by atoms with Gasteiger partial charge in [-0.25, -0.2) is 0 Å². The highest BCUT2D eigenvalue weighted by Crippen LogP contribution is 2.27. The van der Waals surface area contributed by atoms with Gasteiger partial charge in [0, 0.05) is 10.9 Å². The standard InChI is InChI=1S/C8H10ClNO2S.ClH/c1-12-8(11)4-5(10)6-2-3-7(9)13-6;/h2-3,5H,4,10H2,1H3;1H/t5-;/m0./s1. The molecule has 1 atom stereocenters. The van der Waals surface area contributed by atoms with Gasteiger partial charge in [0.2, 0.25) is 0 Å². The molecule has 6 heteroatoms. The minimum absolute atomic E-state index is 0. The second kappa shape index (κ2) is 6.24. The van der Waals surface area contributed by atoms with Crippen LogP contribution in [0, 0.1) is 0 Å². The van der Waals surface area contributed by atoms with E-state index < -0.39 is 0 Å². The van der Waals surface area contributed by atoms with E-state index in [9.17, 15) is 4.79 Å². The Bertz CT molecular complexity index is 303. The van der Waals surface area contributed by atoms with Crippen molar-refractivity contribution in [3.05, 3.63) is 21.3 Å². The molecule has 1 heterocycles. The number of thiophene rings is 1. The Morgan fingerprint density at radius 1 is 1.71 bits per heavy atom. The van der Waals surface area contributed by atoms with Gasteiger partial charge in [0.1, 0.15) is 0 Å². The van der Waals surface area contributed by atoms with Crippen LogP contribution in [0.2, 0.25) is 4.34 Å².